The third-order valence-corrected chi connectivity index (χ3v) is 2.96. The van der Waals surface area contributed by atoms with E-state index in [1.807, 2.05) is 40.7 Å². The maximum absolute atomic E-state index is 12.2. The van der Waals surface area contributed by atoms with Crippen LogP contribution in [-0.4, -0.2) is 29.6 Å². The Labute approximate surface area is 148 Å². The zero-order chi connectivity index (χ0) is 19.2. The molecule has 136 valence electrons. The highest BCUT2D eigenvalue weighted by molar-refractivity contribution is 5.94. The van der Waals surface area contributed by atoms with Crippen molar-refractivity contribution in [3.05, 3.63) is 23.8 Å². The van der Waals surface area contributed by atoms with E-state index in [9.17, 15) is 9.59 Å². The van der Waals surface area contributed by atoms with Gasteiger partial charge in [0.2, 0.25) is 5.91 Å². The quantitative estimate of drug-likeness (QED) is 0.762. The van der Waals surface area contributed by atoms with Crippen molar-refractivity contribution >= 4 is 17.6 Å². The average molecular weight is 346 g/mol. The monoisotopic (exact) mass is 346 g/mol. The highest BCUT2D eigenvalue weighted by atomic mass is 16.5. The number of carbonyl (C=O) groups is 2. The number of rotatable bonds is 5. The molecule has 0 heterocycles. The number of nitrogens with one attached hydrogen (secondary N) is 3. The largest absolute Gasteiger partial charge is 0.489 e. The second-order valence-corrected chi connectivity index (χ2v) is 7.05. The number of ether oxygens (including phenoxy) is 1. The van der Waals surface area contributed by atoms with Gasteiger partial charge in [-0.15, -0.1) is 0 Å². The third kappa shape index (κ3) is 7.12. The Bertz CT molecular complexity index is 672. The fourth-order valence-corrected chi connectivity index (χ4v) is 1.95. The van der Waals surface area contributed by atoms with Crippen molar-refractivity contribution in [1.29, 1.82) is 5.26 Å². The minimum absolute atomic E-state index is 0.0898. The Kier molecular flexibility index (Phi) is 6.80. The molecule has 1 atom stereocenters. The number of benzene rings is 1. The van der Waals surface area contributed by atoms with E-state index in [4.69, 9.17) is 10.00 Å². The first-order chi connectivity index (χ1) is 11.5. The van der Waals surface area contributed by atoms with Crippen LogP contribution in [0.2, 0.25) is 0 Å². The summed E-state index contributed by atoms with van der Waals surface area (Å²) in [6.07, 6.45) is -0.0898. The van der Waals surface area contributed by atoms with Crippen LogP contribution in [0.1, 0.15) is 47.1 Å². The van der Waals surface area contributed by atoms with Gasteiger partial charge in [0.25, 0.3) is 0 Å². The molecule has 25 heavy (non-hydrogen) atoms. The molecule has 1 rings (SSSR count). The van der Waals surface area contributed by atoms with Crippen LogP contribution < -0.4 is 20.7 Å². The van der Waals surface area contributed by atoms with E-state index in [1.165, 1.54) is 6.07 Å². The molecular formula is C18H26N4O3. The van der Waals surface area contributed by atoms with Gasteiger partial charge in [-0.1, -0.05) is 0 Å². The number of amides is 3. The lowest BCUT2D eigenvalue weighted by Gasteiger charge is -2.24. The van der Waals surface area contributed by atoms with Crippen molar-refractivity contribution in [3.8, 4) is 11.8 Å². The molecular weight excluding hydrogens is 320 g/mol. The standard InChI is InChI=1S/C18H26N4O3/c1-11(2)25-15-8-7-13(10-19)9-14(15)21-17(24)20-12(3)16(23)22-18(4,5)6/h7-9,11-12H,1-6H3,(H,22,23)(H2,20,21,24)/t12-/m1/s1. The zero-order valence-electron chi connectivity index (χ0n) is 15.6. The highest BCUT2D eigenvalue weighted by Gasteiger charge is 2.21. The Morgan fingerprint density at radius 3 is 2.36 bits per heavy atom. The number of hydrogen-bond acceptors (Lipinski definition) is 4. The second kappa shape index (κ2) is 8.38. The van der Waals surface area contributed by atoms with Crippen LogP contribution >= 0.6 is 0 Å². The number of nitrogens with zero attached hydrogens (tertiary/aromatic N) is 1. The van der Waals surface area contributed by atoms with E-state index < -0.39 is 12.1 Å². The molecule has 0 unspecified atom stereocenters. The first-order valence-corrected chi connectivity index (χ1v) is 8.12. The second-order valence-electron chi connectivity index (χ2n) is 7.05. The summed E-state index contributed by atoms with van der Waals surface area (Å²) < 4.78 is 5.63. The van der Waals surface area contributed by atoms with Crippen molar-refractivity contribution in [2.75, 3.05) is 5.32 Å². The Morgan fingerprint density at radius 2 is 1.84 bits per heavy atom. The van der Waals surface area contributed by atoms with Crippen molar-refractivity contribution in [1.82, 2.24) is 10.6 Å². The Balaban J connectivity index is 2.82. The molecule has 7 heteroatoms. The van der Waals surface area contributed by atoms with Gasteiger partial charge in [-0.05, 0) is 59.7 Å². The smallest absolute Gasteiger partial charge is 0.319 e. The Hall–Kier alpha value is -2.75. The van der Waals surface area contributed by atoms with Gasteiger partial charge in [-0.3, -0.25) is 4.79 Å². The van der Waals surface area contributed by atoms with Gasteiger partial charge >= 0.3 is 6.03 Å². The minimum Gasteiger partial charge on any atom is -0.489 e. The molecule has 1 aromatic rings. The molecule has 0 aliphatic heterocycles. The lowest BCUT2D eigenvalue weighted by molar-refractivity contribution is -0.123. The van der Waals surface area contributed by atoms with E-state index in [1.54, 1.807) is 19.1 Å². The number of anilines is 1. The molecule has 1 aromatic carbocycles. The lowest BCUT2D eigenvalue weighted by Crippen LogP contribution is -2.51. The summed E-state index contributed by atoms with van der Waals surface area (Å²) in [5.74, 6) is 0.169. The molecule has 0 aliphatic rings. The number of hydrogen-bond donors (Lipinski definition) is 3. The third-order valence-electron chi connectivity index (χ3n) is 2.96. The van der Waals surface area contributed by atoms with Crippen LogP contribution in [-0.2, 0) is 4.79 Å². The number of nitriles is 1. The summed E-state index contributed by atoms with van der Waals surface area (Å²) in [6, 6.07) is 5.51. The van der Waals surface area contributed by atoms with E-state index in [0.29, 0.717) is 17.0 Å². The number of urea groups is 1. The summed E-state index contributed by atoms with van der Waals surface area (Å²) in [5.41, 5.74) is 0.377. The van der Waals surface area contributed by atoms with Crippen LogP contribution in [0.3, 0.4) is 0 Å². The fraction of sp³-hybridized carbons (Fsp3) is 0.500. The van der Waals surface area contributed by atoms with Gasteiger partial charge in [0.15, 0.2) is 0 Å². The first kappa shape index (κ1) is 20.3. The normalized spacial score (nSPS) is 12.1. The van der Waals surface area contributed by atoms with Crippen LogP contribution in [0.15, 0.2) is 18.2 Å². The summed E-state index contributed by atoms with van der Waals surface area (Å²) in [7, 11) is 0. The number of carbonyl (C=O) groups excluding carboxylic acids is 2. The summed E-state index contributed by atoms with van der Waals surface area (Å²) in [6.45, 7) is 10.9. The SMILES string of the molecule is CC(C)Oc1ccc(C#N)cc1NC(=O)N[C@H](C)C(=O)NC(C)(C)C. The van der Waals surface area contributed by atoms with Crippen molar-refractivity contribution in [3.63, 3.8) is 0 Å². The van der Waals surface area contributed by atoms with Gasteiger partial charge in [0.05, 0.1) is 23.4 Å². The van der Waals surface area contributed by atoms with Gasteiger partial charge in [-0.25, -0.2) is 4.79 Å². The molecule has 0 bridgehead atoms. The first-order valence-electron chi connectivity index (χ1n) is 8.12. The molecule has 0 aromatic heterocycles. The molecule has 0 radical (unpaired) electrons. The molecule has 0 aliphatic carbocycles. The maximum atomic E-state index is 12.2. The molecule has 0 spiro atoms. The van der Waals surface area contributed by atoms with E-state index in [2.05, 4.69) is 16.0 Å². The van der Waals surface area contributed by atoms with Crippen molar-refractivity contribution in [2.24, 2.45) is 0 Å². The average Bonchev–Trinajstić information content (AvgIpc) is 2.46. The van der Waals surface area contributed by atoms with Crippen LogP contribution in [0, 0.1) is 11.3 Å². The van der Waals surface area contributed by atoms with Gasteiger partial charge in [0.1, 0.15) is 11.8 Å². The zero-order valence-corrected chi connectivity index (χ0v) is 15.6. The van der Waals surface area contributed by atoms with Crippen LogP contribution in [0.4, 0.5) is 10.5 Å². The predicted molar refractivity (Wildman–Crippen MR) is 96.4 cm³/mol. The molecule has 0 saturated carbocycles. The molecule has 7 nitrogen and oxygen atoms in total. The van der Waals surface area contributed by atoms with Gasteiger partial charge in [-0.2, -0.15) is 5.26 Å². The summed E-state index contributed by atoms with van der Waals surface area (Å²) in [5, 5.41) is 17.0. The highest BCUT2D eigenvalue weighted by Crippen LogP contribution is 2.26. The topological polar surface area (TPSA) is 103 Å². The van der Waals surface area contributed by atoms with Gasteiger partial charge < -0.3 is 20.7 Å². The maximum Gasteiger partial charge on any atom is 0.319 e. The molecule has 0 fully saturated rings. The van der Waals surface area contributed by atoms with Crippen LogP contribution in [0.5, 0.6) is 5.75 Å². The van der Waals surface area contributed by atoms with Crippen molar-refractivity contribution in [2.45, 2.75) is 59.2 Å². The van der Waals surface area contributed by atoms with Gasteiger partial charge in [0, 0.05) is 5.54 Å². The Morgan fingerprint density at radius 1 is 1.20 bits per heavy atom. The van der Waals surface area contributed by atoms with E-state index in [-0.39, 0.29) is 17.6 Å². The van der Waals surface area contributed by atoms with Crippen LogP contribution in [0.25, 0.3) is 0 Å². The van der Waals surface area contributed by atoms with E-state index in [0.717, 1.165) is 0 Å². The predicted octanol–water partition coefficient (Wildman–Crippen LogP) is 2.77. The summed E-state index contributed by atoms with van der Waals surface area (Å²) >= 11 is 0. The summed E-state index contributed by atoms with van der Waals surface area (Å²) in [4.78, 5) is 24.2. The molecule has 3 amide bonds. The van der Waals surface area contributed by atoms with Crippen molar-refractivity contribution < 1.29 is 14.3 Å². The molecule has 0 saturated heterocycles. The molecule has 3 N–H and O–H groups in total. The minimum atomic E-state index is -0.715. The fourth-order valence-electron chi connectivity index (χ4n) is 1.95. The lowest BCUT2D eigenvalue weighted by atomic mass is 10.1. The van der Waals surface area contributed by atoms with E-state index >= 15 is 0 Å².